The summed E-state index contributed by atoms with van der Waals surface area (Å²) in [4.78, 5) is 27.3. The molecule has 7 heteroatoms. The normalized spacial score (nSPS) is 11.1. The maximum atomic E-state index is 12.7. The Bertz CT molecular complexity index is 1110. The van der Waals surface area contributed by atoms with E-state index in [9.17, 15) is 9.59 Å². The Morgan fingerprint density at radius 3 is 2.58 bits per heavy atom. The Hall–Kier alpha value is -3.16. The van der Waals surface area contributed by atoms with E-state index in [0.29, 0.717) is 41.9 Å². The highest BCUT2D eigenvalue weighted by Crippen LogP contribution is 2.29. The second kappa shape index (κ2) is 10.2. The first-order valence-corrected chi connectivity index (χ1v) is 10.3. The van der Waals surface area contributed by atoms with E-state index in [1.54, 1.807) is 31.4 Å². The third-order valence-corrected chi connectivity index (χ3v) is 5.07. The summed E-state index contributed by atoms with van der Waals surface area (Å²) in [6.07, 6.45) is 1.57. The number of methoxy groups -OCH3 is 1. The third-order valence-electron chi connectivity index (χ3n) is 5.07. The summed E-state index contributed by atoms with van der Waals surface area (Å²) in [7, 11) is 3.50. The Kier molecular flexibility index (Phi) is 7.44. The van der Waals surface area contributed by atoms with E-state index in [0.717, 1.165) is 17.5 Å². The molecule has 0 aliphatic rings. The highest BCUT2D eigenvalue weighted by molar-refractivity contribution is 6.05. The molecule has 1 heterocycles. The fourth-order valence-corrected chi connectivity index (χ4v) is 3.51. The van der Waals surface area contributed by atoms with Crippen LogP contribution in [0.3, 0.4) is 0 Å². The van der Waals surface area contributed by atoms with Gasteiger partial charge in [-0.1, -0.05) is 25.5 Å². The molecular weight excluding hydrogens is 396 g/mol. The van der Waals surface area contributed by atoms with Gasteiger partial charge in [0, 0.05) is 29.7 Å². The molecule has 2 N–H and O–H groups in total. The summed E-state index contributed by atoms with van der Waals surface area (Å²) >= 11 is 0. The highest BCUT2D eigenvalue weighted by atomic mass is 16.5. The van der Waals surface area contributed by atoms with Crippen molar-refractivity contribution >= 4 is 22.6 Å². The minimum absolute atomic E-state index is 0.0492. The summed E-state index contributed by atoms with van der Waals surface area (Å²) in [5, 5.41) is 12.4. The number of aliphatic hydroxyl groups excluding tert-OH is 1. The third kappa shape index (κ3) is 5.31. The van der Waals surface area contributed by atoms with E-state index in [1.165, 1.54) is 0 Å². The van der Waals surface area contributed by atoms with Crippen molar-refractivity contribution in [3.8, 4) is 5.75 Å². The van der Waals surface area contributed by atoms with Gasteiger partial charge in [-0.05, 0) is 49.4 Å². The molecule has 164 valence electrons. The van der Waals surface area contributed by atoms with Crippen LogP contribution in [-0.4, -0.2) is 43.2 Å². The van der Waals surface area contributed by atoms with Gasteiger partial charge in [-0.2, -0.15) is 0 Å². The number of likely N-dealkylation sites (N-methyl/N-ethyl adjacent to an activating group) is 1. The van der Waals surface area contributed by atoms with Gasteiger partial charge >= 0.3 is 5.63 Å². The minimum atomic E-state index is -0.683. The number of hydrogen-bond acceptors (Lipinski definition) is 6. The molecule has 1 aromatic heterocycles. The fraction of sp³-hybridized carbons (Fsp3) is 0.333. The monoisotopic (exact) mass is 424 g/mol. The van der Waals surface area contributed by atoms with E-state index >= 15 is 0 Å². The molecule has 0 saturated heterocycles. The van der Waals surface area contributed by atoms with Crippen LogP contribution >= 0.6 is 0 Å². The predicted octanol–water partition coefficient (Wildman–Crippen LogP) is 3.43. The standard InChI is InChI=1S/C24H28N2O5/c1-4-5-19-21(30-3)11-8-17-14-20(24(29)31-22(17)19)23(28)25-18-9-6-16(7-10-18)15-26(2)12-13-27/h6-11,14,27H,4-5,12-13,15H2,1-3H3,(H,25,28). The zero-order valence-electron chi connectivity index (χ0n) is 18.1. The van der Waals surface area contributed by atoms with Crippen LogP contribution in [0.15, 0.2) is 51.7 Å². The van der Waals surface area contributed by atoms with Crippen molar-refractivity contribution in [1.82, 2.24) is 4.90 Å². The maximum absolute atomic E-state index is 12.7. The molecule has 3 aromatic rings. The summed E-state index contributed by atoms with van der Waals surface area (Å²) in [6, 6.07) is 12.5. The molecule has 0 aliphatic heterocycles. The molecule has 0 saturated carbocycles. The molecule has 0 unspecified atom stereocenters. The van der Waals surface area contributed by atoms with Crippen LogP contribution in [0.25, 0.3) is 11.0 Å². The van der Waals surface area contributed by atoms with Crippen LogP contribution in [-0.2, 0) is 13.0 Å². The van der Waals surface area contributed by atoms with Gasteiger partial charge in [0.15, 0.2) is 0 Å². The van der Waals surface area contributed by atoms with Gasteiger partial charge in [-0.15, -0.1) is 0 Å². The number of ether oxygens (including phenoxy) is 1. The van der Waals surface area contributed by atoms with Gasteiger partial charge in [-0.25, -0.2) is 4.79 Å². The predicted molar refractivity (Wildman–Crippen MR) is 121 cm³/mol. The number of carbonyl (C=O) groups excluding carboxylic acids is 1. The zero-order valence-corrected chi connectivity index (χ0v) is 18.1. The number of carbonyl (C=O) groups is 1. The molecule has 0 fully saturated rings. The molecule has 31 heavy (non-hydrogen) atoms. The van der Waals surface area contributed by atoms with Gasteiger partial charge in [0.25, 0.3) is 5.91 Å². The van der Waals surface area contributed by atoms with Gasteiger partial charge in [0.1, 0.15) is 16.9 Å². The number of benzene rings is 2. The Balaban J connectivity index is 1.82. The van der Waals surface area contributed by atoms with E-state index in [-0.39, 0.29) is 12.2 Å². The number of nitrogens with one attached hydrogen (secondary N) is 1. The van der Waals surface area contributed by atoms with Crippen molar-refractivity contribution in [1.29, 1.82) is 0 Å². The topological polar surface area (TPSA) is 92.0 Å². The lowest BCUT2D eigenvalue weighted by molar-refractivity contribution is 0.102. The summed E-state index contributed by atoms with van der Waals surface area (Å²) in [5.74, 6) is 0.146. The lowest BCUT2D eigenvalue weighted by atomic mass is 10.0. The van der Waals surface area contributed by atoms with Crippen molar-refractivity contribution in [2.75, 3.05) is 32.6 Å². The van der Waals surface area contributed by atoms with Crippen molar-refractivity contribution in [3.63, 3.8) is 0 Å². The van der Waals surface area contributed by atoms with Crippen LogP contribution < -0.4 is 15.7 Å². The number of hydrogen-bond donors (Lipinski definition) is 2. The minimum Gasteiger partial charge on any atom is -0.496 e. The first-order valence-electron chi connectivity index (χ1n) is 10.3. The largest absolute Gasteiger partial charge is 0.496 e. The maximum Gasteiger partial charge on any atom is 0.349 e. The Morgan fingerprint density at radius 2 is 1.94 bits per heavy atom. The molecule has 1 amide bonds. The van der Waals surface area contributed by atoms with Crippen molar-refractivity contribution in [3.05, 3.63) is 69.6 Å². The lowest BCUT2D eigenvalue weighted by Crippen LogP contribution is -2.22. The molecule has 0 bridgehead atoms. The number of anilines is 1. The first-order chi connectivity index (χ1) is 15.0. The van der Waals surface area contributed by atoms with Crippen LogP contribution in [0.1, 0.15) is 34.8 Å². The average molecular weight is 424 g/mol. The van der Waals surface area contributed by atoms with Gasteiger partial charge in [-0.3, -0.25) is 9.69 Å². The van der Waals surface area contributed by atoms with E-state index in [4.69, 9.17) is 14.3 Å². The molecule has 2 aromatic carbocycles. The molecule has 0 aliphatic carbocycles. The van der Waals surface area contributed by atoms with E-state index < -0.39 is 11.5 Å². The molecular formula is C24H28N2O5. The number of fused-ring (bicyclic) bond motifs is 1. The number of aryl methyl sites for hydroxylation is 1. The number of amides is 1. The average Bonchev–Trinajstić information content (AvgIpc) is 2.75. The second-order valence-electron chi connectivity index (χ2n) is 7.47. The number of nitrogens with zero attached hydrogens (tertiary/aromatic N) is 1. The van der Waals surface area contributed by atoms with Crippen LogP contribution in [0.4, 0.5) is 5.69 Å². The number of aliphatic hydroxyl groups is 1. The van der Waals surface area contributed by atoms with E-state index in [2.05, 4.69) is 5.32 Å². The molecule has 0 spiro atoms. The van der Waals surface area contributed by atoms with Gasteiger partial charge in [0.2, 0.25) is 0 Å². The van der Waals surface area contributed by atoms with Crippen molar-refractivity contribution in [2.45, 2.75) is 26.3 Å². The van der Waals surface area contributed by atoms with Gasteiger partial charge in [0.05, 0.1) is 13.7 Å². The lowest BCUT2D eigenvalue weighted by Gasteiger charge is -2.15. The summed E-state index contributed by atoms with van der Waals surface area (Å²) in [5.41, 5.74) is 2.19. The first kappa shape index (κ1) is 22.5. The quantitative estimate of drug-likeness (QED) is 0.512. The molecule has 0 atom stereocenters. The molecule has 3 rings (SSSR count). The van der Waals surface area contributed by atoms with Gasteiger partial charge < -0.3 is 19.6 Å². The SMILES string of the molecule is CCCc1c(OC)ccc2cc(C(=O)Nc3ccc(CN(C)CCO)cc3)c(=O)oc12. The van der Waals surface area contributed by atoms with Crippen LogP contribution in [0.2, 0.25) is 0 Å². The van der Waals surface area contributed by atoms with Crippen LogP contribution in [0.5, 0.6) is 5.75 Å². The molecule has 0 radical (unpaired) electrons. The summed E-state index contributed by atoms with van der Waals surface area (Å²) < 4.78 is 10.9. The molecule has 7 nitrogen and oxygen atoms in total. The smallest absolute Gasteiger partial charge is 0.349 e. The van der Waals surface area contributed by atoms with Crippen LogP contribution in [0, 0.1) is 0 Å². The second-order valence-corrected chi connectivity index (χ2v) is 7.47. The Morgan fingerprint density at radius 1 is 1.19 bits per heavy atom. The summed E-state index contributed by atoms with van der Waals surface area (Å²) in [6.45, 7) is 3.41. The van der Waals surface area contributed by atoms with Crippen molar-refractivity contribution < 1.29 is 19.1 Å². The van der Waals surface area contributed by atoms with E-state index in [1.807, 2.05) is 37.1 Å². The highest BCUT2D eigenvalue weighted by Gasteiger charge is 2.17. The zero-order chi connectivity index (χ0) is 22.4. The Labute approximate surface area is 181 Å². The van der Waals surface area contributed by atoms with Crippen molar-refractivity contribution in [2.24, 2.45) is 0 Å². The fourth-order valence-electron chi connectivity index (χ4n) is 3.51. The number of rotatable bonds is 9.